The Labute approximate surface area is 176 Å². The first-order valence-electron chi connectivity index (χ1n) is 10.4. The average Bonchev–Trinajstić information content (AvgIpc) is 3.13. The largest absolute Gasteiger partial charge is 0.357 e. The monoisotopic (exact) mass is 412 g/mol. The van der Waals surface area contributed by atoms with Gasteiger partial charge in [-0.1, -0.05) is 13.8 Å². The standard InChI is InChI=1S/C23H29FN4O2/c1-5-9-28(10-6-2)13-21(29)27-22-14(3)20(25-15(22)4)12-18-17-11-16(24)7-8-19(17)26-23(18)30/h7-8,11-12,25H,5-6,9-10,13H2,1-4H3,(H,26,30)(H,27,29)/b18-12-. The van der Waals surface area contributed by atoms with Crippen LogP contribution in [-0.2, 0) is 9.59 Å². The molecule has 2 amide bonds. The Morgan fingerprint density at radius 2 is 1.90 bits per heavy atom. The molecule has 160 valence electrons. The maximum absolute atomic E-state index is 13.7. The van der Waals surface area contributed by atoms with Crippen molar-refractivity contribution in [2.75, 3.05) is 30.3 Å². The van der Waals surface area contributed by atoms with E-state index in [1.807, 2.05) is 13.8 Å². The van der Waals surface area contributed by atoms with Crippen molar-refractivity contribution in [1.29, 1.82) is 0 Å². The van der Waals surface area contributed by atoms with Crippen molar-refractivity contribution in [2.24, 2.45) is 0 Å². The van der Waals surface area contributed by atoms with E-state index in [0.717, 1.165) is 42.9 Å². The molecule has 0 spiro atoms. The van der Waals surface area contributed by atoms with E-state index in [4.69, 9.17) is 0 Å². The van der Waals surface area contributed by atoms with Crippen LogP contribution in [-0.4, -0.2) is 41.3 Å². The van der Waals surface area contributed by atoms with E-state index in [0.29, 0.717) is 29.1 Å². The van der Waals surface area contributed by atoms with Gasteiger partial charge in [0.15, 0.2) is 0 Å². The predicted octanol–water partition coefficient (Wildman–Crippen LogP) is 4.32. The SMILES string of the molecule is CCCN(CCC)CC(=O)Nc1c(C)[nH]c(/C=C2\C(=O)Nc3ccc(F)cc32)c1C. The van der Waals surface area contributed by atoms with Crippen LogP contribution in [0.1, 0.15) is 49.2 Å². The first-order valence-corrected chi connectivity index (χ1v) is 10.4. The Morgan fingerprint density at radius 3 is 2.57 bits per heavy atom. The fourth-order valence-electron chi connectivity index (χ4n) is 3.84. The zero-order valence-electron chi connectivity index (χ0n) is 18.0. The number of carbonyl (C=O) groups is 2. The summed E-state index contributed by atoms with van der Waals surface area (Å²) in [6, 6.07) is 4.23. The van der Waals surface area contributed by atoms with Crippen LogP contribution in [0, 0.1) is 19.7 Å². The number of halogens is 1. The molecule has 7 heteroatoms. The highest BCUT2D eigenvalue weighted by Crippen LogP contribution is 2.35. The molecule has 2 heterocycles. The summed E-state index contributed by atoms with van der Waals surface area (Å²) in [6.45, 7) is 10.1. The average molecular weight is 413 g/mol. The van der Waals surface area contributed by atoms with Gasteiger partial charge in [-0.2, -0.15) is 0 Å². The number of aromatic nitrogens is 1. The highest BCUT2D eigenvalue weighted by atomic mass is 19.1. The van der Waals surface area contributed by atoms with Crippen LogP contribution in [0.3, 0.4) is 0 Å². The number of carbonyl (C=O) groups excluding carboxylic acids is 2. The van der Waals surface area contributed by atoms with Crippen molar-refractivity contribution in [3.05, 3.63) is 46.5 Å². The van der Waals surface area contributed by atoms with Gasteiger partial charge in [0.2, 0.25) is 5.91 Å². The number of fused-ring (bicyclic) bond motifs is 1. The van der Waals surface area contributed by atoms with Crippen LogP contribution in [0.15, 0.2) is 18.2 Å². The third kappa shape index (κ3) is 4.62. The van der Waals surface area contributed by atoms with Gasteiger partial charge in [-0.3, -0.25) is 14.5 Å². The fraction of sp³-hybridized carbons (Fsp3) is 0.391. The Morgan fingerprint density at radius 1 is 1.20 bits per heavy atom. The molecule has 0 atom stereocenters. The summed E-state index contributed by atoms with van der Waals surface area (Å²) in [5.74, 6) is -0.734. The van der Waals surface area contributed by atoms with Crippen molar-refractivity contribution in [3.63, 3.8) is 0 Å². The van der Waals surface area contributed by atoms with Crippen molar-refractivity contribution in [1.82, 2.24) is 9.88 Å². The van der Waals surface area contributed by atoms with E-state index in [1.165, 1.54) is 12.1 Å². The topological polar surface area (TPSA) is 77.2 Å². The van der Waals surface area contributed by atoms with E-state index >= 15 is 0 Å². The van der Waals surface area contributed by atoms with Gasteiger partial charge in [-0.05, 0) is 69.6 Å². The second-order valence-electron chi connectivity index (χ2n) is 7.69. The Bertz CT molecular complexity index is 987. The maximum Gasteiger partial charge on any atom is 0.256 e. The summed E-state index contributed by atoms with van der Waals surface area (Å²) in [6.07, 6.45) is 3.70. The molecule has 1 aliphatic heterocycles. The van der Waals surface area contributed by atoms with Crippen LogP contribution in [0.5, 0.6) is 0 Å². The zero-order chi connectivity index (χ0) is 21.8. The number of benzene rings is 1. The number of H-pyrrole nitrogens is 1. The van der Waals surface area contributed by atoms with Crippen LogP contribution in [0.25, 0.3) is 11.6 Å². The van der Waals surface area contributed by atoms with Gasteiger partial charge < -0.3 is 15.6 Å². The van der Waals surface area contributed by atoms with Crippen molar-refractivity contribution >= 4 is 34.8 Å². The van der Waals surface area contributed by atoms with Gasteiger partial charge in [-0.15, -0.1) is 0 Å². The van der Waals surface area contributed by atoms with E-state index in [1.54, 1.807) is 12.1 Å². The second-order valence-corrected chi connectivity index (χ2v) is 7.69. The molecule has 1 aromatic carbocycles. The molecular weight excluding hydrogens is 383 g/mol. The molecule has 0 unspecified atom stereocenters. The van der Waals surface area contributed by atoms with Gasteiger partial charge in [0.05, 0.1) is 17.8 Å². The molecule has 0 radical (unpaired) electrons. The lowest BCUT2D eigenvalue weighted by Crippen LogP contribution is -2.34. The molecule has 6 nitrogen and oxygen atoms in total. The van der Waals surface area contributed by atoms with Crippen molar-refractivity contribution < 1.29 is 14.0 Å². The molecule has 30 heavy (non-hydrogen) atoms. The summed E-state index contributed by atoms with van der Waals surface area (Å²) in [4.78, 5) is 30.4. The molecular formula is C23H29FN4O2. The molecule has 0 aliphatic carbocycles. The van der Waals surface area contributed by atoms with E-state index in [-0.39, 0.29) is 11.8 Å². The van der Waals surface area contributed by atoms with Gasteiger partial charge in [0, 0.05) is 22.6 Å². The third-order valence-electron chi connectivity index (χ3n) is 5.24. The molecule has 3 rings (SSSR count). The van der Waals surface area contributed by atoms with Crippen LogP contribution in [0.4, 0.5) is 15.8 Å². The number of anilines is 2. The Hall–Kier alpha value is -2.93. The lowest BCUT2D eigenvalue weighted by Gasteiger charge is -2.20. The Balaban J connectivity index is 1.83. The number of aromatic amines is 1. The second kappa shape index (κ2) is 9.26. The first kappa shape index (κ1) is 21.8. The minimum atomic E-state index is -0.396. The molecule has 0 saturated carbocycles. The van der Waals surface area contributed by atoms with E-state index in [9.17, 15) is 14.0 Å². The minimum absolute atomic E-state index is 0.0627. The minimum Gasteiger partial charge on any atom is -0.357 e. The van der Waals surface area contributed by atoms with Crippen LogP contribution >= 0.6 is 0 Å². The fourth-order valence-corrected chi connectivity index (χ4v) is 3.84. The molecule has 0 bridgehead atoms. The van der Waals surface area contributed by atoms with Gasteiger partial charge in [0.1, 0.15) is 5.82 Å². The number of hydrogen-bond acceptors (Lipinski definition) is 3. The molecule has 3 N–H and O–H groups in total. The summed E-state index contributed by atoms with van der Waals surface area (Å²) in [5.41, 5.74) is 4.60. The number of amides is 2. The number of aryl methyl sites for hydroxylation is 1. The third-order valence-corrected chi connectivity index (χ3v) is 5.24. The molecule has 1 aromatic heterocycles. The summed E-state index contributed by atoms with van der Waals surface area (Å²) < 4.78 is 13.7. The predicted molar refractivity (Wildman–Crippen MR) is 119 cm³/mol. The molecule has 2 aromatic rings. The molecule has 0 fully saturated rings. The van der Waals surface area contributed by atoms with E-state index in [2.05, 4.69) is 34.4 Å². The molecule has 1 aliphatic rings. The lowest BCUT2D eigenvalue weighted by atomic mass is 10.0. The number of nitrogens with zero attached hydrogens (tertiary/aromatic N) is 1. The smallest absolute Gasteiger partial charge is 0.256 e. The number of hydrogen-bond donors (Lipinski definition) is 3. The van der Waals surface area contributed by atoms with Crippen molar-refractivity contribution in [3.8, 4) is 0 Å². The normalized spacial score (nSPS) is 14.3. The number of nitrogens with one attached hydrogen (secondary N) is 3. The summed E-state index contributed by atoms with van der Waals surface area (Å²) >= 11 is 0. The van der Waals surface area contributed by atoms with E-state index < -0.39 is 5.82 Å². The lowest BCUT2D eigenvalue weighted by molar-refractivity contribution is -0.117. The Kier molecular flexibility index (Phi) is 6.72. The summed E-state index contributed by atoms with van der Waals surface area (Å²) in [5, 5.41) is 5.76. The van der Waals surface area contributed by atoms with Crippen LogP contribution in [0.2, 0.25) is 0 Å². The summed E-state index contributed by atoms with van der Waals surface area (Å²) in [7, 11) is 0. The highest BCUT2D eigenvalue weighted by Gasteiger charge is 2.25. The van der Waals surface area contributed by atoms with Gasteiger partial charge in [-0.25, -0.2) is 4.39 Å². The first-order chi connectivity index (χ1) is 14.3. The quantitative estimate of drug-likeness (QED) is 0.565. The molecule has 0 saturated heterocycles. The number of rotatable bonds is 8. The van der Waals surface area contributed by atoms with Gasteiger partial charge in [0.25, 0.3) is 5.91 Å². The van der Waals surface area contributed by atoms with Crippen molar-refractivity contribution in [2.45, 2.75) is 40.5 Å². The zero-order valence-corrected chi connectivity index (χ0v) is 18.0. The maximum atomic E-state index is 13.7. The van der Waals surface area contributed by atoms with Gasteiger partial charge >= 0.3 is 0 Å². The van der Waals surface area contributed by atoms with Crippen LogP contribution < -0.4 is 10.6 Å². The highest BCUT2D eigenvalue weighted by molar-refractivity contribution is 6.34.